The molecule has 0 radical (unpaired) electrons. The van der Waals surface area contributed by atoms with E-state index in [9.17, 15) is 0 Å². The Labute approximate surface area is 187 Å². The molecule has 0 aromatic heterocycles. The predicted molar refractivity (Wildman–Crippen MR) is 129 cm³/mol. The number of benzene rings is 1. The quantitative estimate of drug-likeness (QED) is 0.527. The van der Waals surface area contributed by atoms with Crippen LogP contribution in [0.3, 0.4) is 0 Å². The molecule has 6 nitrogen and oxygen atoms in total. The molecule has 0 spiro atoms. The van der Waals surface area contributed by atoms with Crippen molar-refractivity contribution in [2.24, 2.45) is 10.9 Å². The van der Waals surface area contributed by atoms with Crippen molar-refractivity contribution in [2.45, 2.75) is 20.8 Å². The summed E-state index contributed by atoms with van der Waals surface area (Å²) in [5, 5.41) is 4.31. The van der Waals surface area contributed by atoms with Gasteiger partial charge >= 0.3 is 0 Å². The molecule has 3 rings (SSSR count). The Kier molecular flexibility index (Phi) is 9.09. The van der Waals surface area contributed by atoms with E-state index in [1.54, 1.807) is 0 Å². The largest absolute Gasteiger partial charge is 0.368 e. The van der Waals surface area contributed by atoms with Gasteiger partial charge in [0, 0.05) is 82.7 Å². The Morgan fingerprint density at radius 1 is 1.03 bits per heavy atom. The van der Waals surface area contributed by atoms with Crippen LogP contribution in [0, 0.1) is 5.92 Å². The summed E-state index contributed by atoms with van der Waals surface area (Å²) in [6.45, 7) is 19.5. The van der Waals surface area contributed by atoms with Gasteiger partial charge in [0.15, 0.2) is 5.96 Å². The summed E-state index contributed by atoms with van der Waals surface area (Å²) in [6, 6.07) is 8.16. The smallest absolute Gasteiger partial charge is 0.194 e. The molecule has 0 saturated carbocycles. The molecule has 2 heterocycles. The predicted octanol–water partition coefficient (Wildman–Crippen LogP) is 2.70. The molecule has 2 saturated heterocycles. The van der Waals surface area contributed by atoms with Crippen molar-refractivity contribution in [1.82, 2.24) is 20.0 Å². The lowest BCUT2D eigenvalue weighted by molar-refractivity contribution is 0.125. The van der Waals surface area contributed by atoms with E-state index < -0.39 is 0 Å². The number of hydrogen-bond donors (Lipinski definition) is 1. The van der Waals surface area contributed by atoms with Gasteiger partial charge in [-0.3, -0.25) is 4.99 Å². The molecule has 0 amide bonds. The minimum Gasteiger partial charge on any atom is -0.368 e. The number of halogens is 1. The number of likely N-dealkylation sites (N-methyl/N-ethyl adjacent to an activating group) is 1. The van der Waals surface area contributed by atoms with Crippen molar-refractivity contribution < 1.29 is 0 Å². The number of hydrogen-bond acceptors (Lipinski definition) is 4. The van der Waals surface area contributed by atoms with E-state index in [2.05, 4.69) is 57.8 Å². The van der Waals surface area contributed by atoms with Gasteiger partial charge in [-0.05, 0) is 37.6 Å². The highest BCUT2D eigenvalue weighted by molar-refractivity contribution is 6.30. The molecular weight excluding hydrogens is 396 g/mol. The highest BCUT2D eigenvalue weighted by Gasteiger charge is 2.21. The number of piperazine rings is 2. The van der Waals surface area contributed by atoms with Crippen molar-refractivity contribution in [3.63, 3.8) is 0 Å². The molecule has 30 heavy (non-hydrogen) atoms. The molecule has 1 aromatic rings. The second kappa shape index (κ2) is 11.8. The minimum absolute atomic E-state index is 0.569. The number of guanidine groups is 1. The van der Waals surface area contributed by atoms with Crippen LogP contribution in [-0.2, 0) is 0 Å². The molecule has 2 aliphatic heterocycles. The van der Waals surface area contributed by atoms with Crippen LogP contribution < -0.4 is 10.2 Å². The molecule has 0 aliphatic carbocycles. The van der Waals surface area contributed by atoms with Gasteiger partial charge < -0.3 is 24.9 Å². The van der Waals surface area contributed by atoms with Gasteiger partial charge in [0.25, 0.3) is 0 Å². The maximum atomic E-state index is 6.17. The fourth-order valence-electron chi connectivity index (χ4n) is 4.30. The molecule has 1 unspecified atom stereocenters. The zero-order chi connectivity index (χ0) is 21.3. The third-order valence-electron chi connectivity index (χ3n) is 6.12. The first-order chi connectivity index (χ1) is 14.6. The summed E-state index contributed by atoms with van der Waals surface area (Å²) in [7, 11) is 0. The highest BCUT2D eigenvalue weighted by atomic mass is 35.5. The number of nitrogens with zero attached hydrogens (tertiary/aromatic N) is 5. The van der Waals surface area contributed by atoms with Crippen LogP contribution in [0.15, 0.2) is 29.3 Å². The van der Waals surface area contributed by atoms with Crippen molar-refractivity contribution in [3.8, 4) is 0 Å². The zero-order valence-corrected chi connectivity index (χ0v) is 19.7. The summed E-state index contributed by atoms with van der Waals surface area (Å²) in [5.74, 6) is 1.63. The van der Waals surface area contributed by atoms with E-state index in [1.807, 2.05) is 12.1 Å². The Morgan fingerprint density at radius 2 is 1.73 bits per heavy atom. The van der Waals surface area contributed by atoms with Crippen molar-refractivity contribution in [2.75, 3.05) is 83.4 Å². The summed E-state index contributed by atoms with van der Waals surface area (Å²) in [6.07, 6.45) is 0. The van der Waals surface area contributed by atoms with E-state index in [4.69, 9.17) is 16.6 Å². The SMILES string of the molecule is CCNC(=NCC(C)CN1CCN(CC)CC1)N1CCN(c2cccc(Cl)c2)CC1. The monoisotopic (exact) mass is 434 g/mol. The summed E-state index contributed by atoms with van der Waals surface area (Å²) in [5.41, 5.74) is 1.21. The van der Waals surface area contributed by atoms with E-state index in [-0.39, 0.29) is 0 Å². The molecule has 7 heteroatoms. The average Bonchev–Trinajstić information content (AvgIpc) is 2.77. The molecular formula is C23H39ClN6. The number of anilines is 1. The van der Waals surface area contributed by atoms with Crippen LogP contribution >= 0.6 is 11.6 Å². The van der Waals surface area contributed by atoms with Gasteiger partial charge in [-0.2, -0.15) is 0 Å². The normalized spacial score (nSPS) is 20.5. The van der Waals surface area contributed by atoms with Crippen molar-refractivity contribution in [1.29, 1.82) is 0 Å². The van der Waals surface area contributed by atoms with Crippen LogP contribution in [0.2, 0.25) is 5.02 Å². The van der Waals surface area contributed by atoms with Crippen LogP contribution in [-0.4, -0.2) is 99.2 Å². The topological polar surface area (TPSA) is 37.4 Å². The maximum Gasteiger partial charge on any atom is 0.194 e. The van der Waals surface area contributed by atoms with Gasteiger partial charge in [0.05, 0.1) is 0 Å². The summed E-state index contributed by atoms with van der Waals surface area (Å²) in [4.78, 5) is 14.9. The second-order valence-corrected chi connectivity index (χ2v) is 8.93. The van der Waals surface area contributed by atoms with E-state index >= 15 is 0 Å². The molecule has 1 atom stereocenters. The van der Waals surface area contributed by atoms with Crippen LogP contribution in [0.25, 0.3) is 0 Å². The first kappa shape index (κ1) is 23.2. The van der Waals surface area contributed by atoms with Crippen LogP contribution in [0.1, 0.15) is 20.8 Å². The Bertz CT molecular complexity index is 665. The van der Waals surface area contributed by atoms with Crippen molar-refractivity contribution >= 4 is 23.2 Å². The third-order valence-corrected chi connectivity index (χ3v) is 6.36. The lowest BCUT2D eigenvalue weighted by Crippen LogP contribution is -2.52. The average molecular weight is 435 g/mol. The second-order valence-electron chi connectivity index (χ2n) is 8.49. The fraction of sp³-hybridized carbons (Fsp3) is 0.696. The van der Waals surface area contributed by atoms with Gasteiger partial charge in [-0.25, -0.2) is 0 Å². The minimum atomic E-state index is 0.569. The molecule has 1 aromatic carbocycles. The van der Waals surface area contributed by atoms with E-state index in [0.29, 0.717) is 5.92 Å². The lowest BCUT2D eigenvalue weighted by Gasteiger charge is -2.38. The van der Waals surface area contributed by atoms with Crippen LogP contribution in [0.5, 0.6) is 0 Å². The molecule has 2 fully saturated rings. The molecule has 2 aliphatic rings. The van der Waals surface area contributed by atoms with E-state index in [1.165, 1.54) is 38.4 Å². The number of nitrogens with one attached hydrogen (secondary N) is 1. The molecule has 0 bridgehead atoms. The van der Waals surface area contributed by atoms with Gasteiger partial charge in [-0.1, -0.05) is 31.5 Å². The standard InChI is InChI=1S/C23H39ClN6/c1-4-25-23(26-18-20(3)19-28-11-9-27(5-2)10-12-28)30-15-13-29(14-16-30)22-8-6-7-21(24)17-22/h6-8,17,20H,4-5,9-16,18-19H2,1-3H3,(H,25,26). The van der Waals surface area contributed by atoms with E-state index in [0.717, 1.165) is 56.8 Å². The van der Waals surface area contributed by atoms with Gasteiger partial charge in [-0.15, -0.1) is 0 Å². The summed E-state index contributed by atoms with van der Waals surface area (Å²) < 4.78 is 0. The van der Waals surface area contributed by atoms with Crippen molar-refractivity contribution in [3.05, 3.63) is 29.3 Å². The highest BCUT2D eigenvalue weighted by Crippen LogP contribution is 2.20. The maximum absolute atomic E-state index is 6.17. The van der Waals surface area contributed by atoms with Gasteiger partial charge in [0.2, 0.25) is 0 Å². The summed E-state index contributed by atoms with van der Waals surface area (Å²) >= 11 is 6.17. The van der Waals surface area contributed by atoms with Crippen LogP contribution in [0.4, 0.5) is 5.69 Å². The number of aliphatic imine (C=N–C) groups is 1. The zero-order valence-electron chi connectivity index (χ0n) is 19.0. The fourth-order valence-corrected chi connectivity index (χ4v) is 4.49. The Morgan fingerprint density at radius 3 is 2.37 bits per heavy atom. The first-order valence-electron chi connectivity index (χ1n) is 11.6. The Hall–Kier alpha value is -1.50. The number of rotatable bonds is 7. The Balaban J connectivity index is 1.48. The third kappa shape index (κ3) is 6.76. The first-order valence-corrected chi connectivity index (χ1v) is 11.9. The van der Waals surface area contributed by atoms with Gasteiger partial charge in [0.1, 0.15) is 0 Å². The lowest BCUT2D eigenvalue weighted by atomic mass is 10.1. The molecule has 1 N–H and O–H groups in total. The molecule has 168 valence electrons.